The summed E-state index contributed by atoms with van der Waals surface area (Å²) in [5, 5.41) is 0. The van der Waals surface area contributed by atoms with E-state index in [2.05, 4.69) is 11.8 Å². The first-order chi connectivity index (χ1) is 8.31. The fourth-order valence-corrected chi connectivity index (χ4v) is 3.51. The van der Waals surface area contributed by atoms with Gasteiger partial charge in [0.05, 0.1) is 0 Å². The SMILES string of the molecule is CCC1CCCCCN1CCC1CCCC1=O. The van der Waals surface area contributed by atoms with E-state index in [0.717, 1.165) is 38.3 Å². The number of Topliss-reactive ketones (excluding diaryl/α,β-unsaturated/α-hetero) is 1. The van der Waals surface area contributed by atoms with Crippen molar-refractivity contribution in [3.63, 3.8) is 0 Å². The summed E-state index contributed by atoms with van der Waals surface area (Å²) >= 11 is 0. The molecule has 0 radical (unpaired) electrons. The topological polar surface area (TPSA) is 20.3 Å². The largest absolute Gasteiger partial charge is 0.300 e. The van der Waals surface area contributed by atoms with Crippen LogP contribution in [0.2, 0.25) is 0 Å². The van der Waals surface area contributed by atoms with Crippen LogP contribution in [-0.2, 0) is 4.79 Å². The number of carbonyl (C=O) groups excluding carboxylic acids is 1. The van der Waals surface area contributed by atoms with Gasteiger partial charge < -0.3 is 4.90 Å². The normalized spacial score (nSPS) is 31.7. The minimum Gasteiger partial charge on any atom is -0.300 e. The van der Waals surface area contributed by atoms with E-state index in [0.29, 0.717) is 11.7 Å². The molecule has 0 spiro atoms. The van der Waals surface area contributed by atoms with E-state index in [9.17, 15) is 4.79 Å². The van der Waals surface area contributed by atoms with Crippen LogP contribution < -0.4 is 0 Å². The van der Waals surface area contributed by atoms with Gasteiger partial charge in [-0.15, -0.1) is 0 Å². The third-order valence-electron chi connectivity index (χ3n) is 4.67. The second kappa shape index (κ2) is 6.53. The van der Waals surface area contributed by atoms with Crippen molar-refractivity contribution in [2.45, 2.75) is 70.8 Å². The maximum absolute atomic E-state index is 11.6. The Balaban J connectivity index is 1.80. The van der Waals surface area contributed by atoms with Gasteiger partial charge in [0.1, 0.15) is 5.78 Å². The summed E-state index contributed by atoms with van der Waals surface area (Å²) in [6.07, 6.45) is 11.1. The van der Waals surface area contributed by atoms with Crippen molar-refractivity contribution in [3.05, 3.63) is 0 Å². The van der Waals surface area contributed by atoms with Gasteiger partial charge in [-0.2, -0.15) is 0 Å². The number of rotatable bonds is 4. The van der Waals surface area contributed by atoms with Gasteiger partial charge in [-0.3, -0.25) is 4.79 Å². The van der Waals surface area contributed by atoms with Gasteiger partial charge in [-0.05, 0) is 51.6 Å². The van der Waals surface area contributed by atoms with Crippen LogP contribution in [0, 0.1) is 5.92 Å². The van der Waals surface area contributed by atoms with Gasteiger partial charge in [0.2, 0.25) is 0 Å². The molecule has 2 unspecified atom stereocenters. The van der Waals surface area contributed by atoms with Gasteiger partial charge in [-0.25, -0.2) is 0 Å². The van der Waals surface area contributed by atoms with E-state index < -0.39 is 0 Å². The molecule has 2 atom stereocenters. The lowest BCUT2D eigenvalue weighted by molar-refractivity contribution is -0.120. The average Bonchev–Trinajstić information content (AvgIpc) is 2.63. The lowest BCUT2D eigenvalue weighted by Crippen LogP contribution is -2.36. The zero-order valence-corrected chi connectivity index (χ0v) is 11.3. The fraction of sp³-hybridized carbons (Fsp3) is 0.933. The van der Waals surface area contributed by atoms with E-state index >= 15 is 0 Å². The van der Waals surface area contributed by atoms with Crippen LogP contribution in [0.25, 0.3) is 0 Å². The van der Waals surface area contributed by atoms with E-state index in [1.54, 1.807) is 0 Å². The summed E-state index contributed by atoms with van der Waals surface area (Å²) in [5.74, 6) is 0.934. The highest BCUT2D eigenvalue weighted by Crippen LogP contribution is 2.26. The molecule has 2 heteroatoms. The van der Waals surface area contributed by atoms with E-state index in [1.807, 2.05) is 0 Å². The number of ketones is 1. The van der Waals surface area contributed by atoms with Crippen molar-refractivity contribution in [1.82, 2.24) is 4.90 Å². The molecule has 1 aliphatic heterocycles. The molecule has 2 fully saturated rings. The summed E-state index contributed by atoms with van der Waals surface area (Å²) in [7, 11) is 0. The zero-order valence-electron chi connectivity index (χ0n) is 11.3. The zero-order chi connectivity index (χ0) is 12.1. The Bertz CT molecular complexity index is 251. The molecule has 0 aromatic carbocycles. The molecule has 2 nitrogen and oxygen atoms in total. The Hall–Kier alpha value is -0.370. The van der Waals surface area contributed by atoms with Crippen LogP contribution in [0.15, 0.2) is 0 Å². The Labute approximate surface area is 106 Å². The first-order valence-corrected chi connectivity index (χ1v) is 7.58. The van der Waals surface area contributed by atoms with Crippen LogP contribution in [0.4, 0.5) is 0 Å². The van der Waals surface area contributed by atoms with Crippen LogP contribution in [-0.4, -0.2) is 29.8 Å². The predicted octanol–water partition coefficient (Wildman–Crippen LogP) is 3.40. The third kappa shape index (κ3) is 3.54. The minimum absolute atomic E-state index is 0.399. The van der Waals surface area contributed by atoms with Gasteiger partial charge in [0, 0.05) is 18.4 Å². The van der Waals surface area contributed by atoms with Crippen molar-refractivity contribution >= 4 is 5.78 Å². The molecule has 0 aromatic rings. The van der Waals surface area contributed by atoms with E-state index in [1.165, 1.54) is 38.6 Å². The molecule has 1 aliphatic carbocycles. The van der Waals surface area contributed by atoms with Gasteiger partial charge in [0.15, 0.2) is 0 Å². The van der Waals surface area contributed by atoms with Gasteiger partial charge in [-0.1, -0.05) is 19.8 Å². The highest BCUT2D eigenvalue weighted by Gasteiger charge is 2.26. The second-order valence-electron chi connectivity index (χ2n) is 5.79. The average molecular weight is 237 g/mol. The summed E-state index contributed by atoms with van der Waals surface area (Å²) in [4.78, 5) is 14.3. The van der Waals surface area contributed by atoms with E-state index in [-0.39, 0.29) is 0 Å². The monoisotopic (exact) mass is 237 g/mol. The molecule has 98 valence electrons. The predicted molar refractivity (Wildman–Crippen MR) is 71.1 cm³/mol. The maximum atomic E-state index is 11.6. The molecule has 0 amide bonds. The molecular formula is C15H27NO. The van der Waals surface area contributed by atoms with Gasteiger partial charge in [0.25, 0.3) is 0 Å². The fourth-order valence-electron chi connectivity index (χ4n) is 3.51. The lowest BCUT2D eigenvalue weighted by Gasteiger charge is -2.29. The Morgan fingerprint density at radius 2 is 2.06 bits per heavy atom. The highest BCUT2D eigenvalue weighted by molar-refractivity contribution is 5.82. The summed E-state index contributed by atoms with van der Waals surface area (Å²) in [6, 6.07) is 0.786. The first-order valence-electron chi connectivity index (χ1n) is 7.58. The Kier molecular flexibility index (Phi) is 5.02. The Morgan fingerprint density at radius 1 is 1.18 bits per heavy atom. The molecule has 17 heavy (non-hydrogen) atoms. The van der Waals surface area contributed by atoms with Crippen molar-refractivity contribution in [2.75, 3.05) is 13.1 Å². The smallest absolute Gasteiger partial charge is 0.136 e. The van der Waals surface area contributed by atoms with Crippen molar-refractivity contribution < 1.29 is 4.79 Å². The van der Waals surface area contributed by atoms with Crippen LogP contribution in [0.5, 0.6) is 0 Å². The number of hydrogen-bond donors (Lipinski definition) is 0. The molecule has 1 saturated heterocycles. The summed E-state index contributed by atoms with van der Waals surface area (Å²) in [5.41, 5.74) is 0. The van der Waals surface area contributed by atoms with Gasteiger partial charge >= 0.3 is 0 Å². The van der Waals surface area contributed by atoms with Crippen LogP contribution >= 0.6 is 0 Å². The second-order valence-corrected chi connectivity index (χ2v) is 5.79. The summed E-state index contributed by atoms with van der Waals surface area (Å²) in [6.45, 7) is 4.73. The molecule has 0 N–H and O–H groups in total. The lowest BCUT2D eigenvalue weighted by atomic mass is 10.0. The number of carbonyl (C=O) groups is 1. The standard InChI is InChI=1S/C15H27NO/c1-2-14-8-4-3-5-11-16(14)12-10-13-7-6-9-15(13)17/h13-14H,2-12H2,1H3. The maximum Gasteiger partial charge on any atom is 0.136 e. The molecular weight excluding hydrogens is 210 g/mol. The molecule has 2 aliphatic rings. The molecule has 0 aromatic heterocycles. The number of likely N-dealkylation sites (tertiary alicyclic amines) is 1. The quantitative estimate of drug-likeness (QED) is 0.747. The third-order valence-corrected chi connectivity index (χ3v) is 4.67. The van der Waals surface area contributed by atoms with Crippen LogP contribution in [0.3, 0.4) is 0 Å². The number of nitrogens with zero attached hydrogens (tertiary/aromatic N) is 1. The molecule has 2 rings (SSSR count). The first kappa shape index (κ1) is 13.1. The van der Waals surface area contributed by atoms with Crippen LogP contribution in [0.1, 0.15) is 64.7 Å². The van der Waals surface area contributed by atoms with Crippen molar-refractivity contribution in [2.24, 2.45) is 5.92 Å². The summed E-state index contributed by atoms with van der Waals surface area (Å²) < 4.78 is 0. The number of hydrogen-bond acceptors (Lipinski definition) is 2. The van der Waals surface area contributed by atoms with Crippen molar-refractivity contribution in [3.8, 4) is 0 Å². The Morgan fingerprint density at radius 3 is 2.76 bits per heavy atom. The minimum atomic E-state index is 0.399. The highest BCUT2D eigenvalue weighted by atomic mass is 16.1. The molecule has 1 heterocycles. The van der Waals surface area contributed by atoms with Crippen molar-refractivity contribution in [1.29, 1.82) is 0 Å². The molecule has 1 saturated carbocycles. The molecule has 0 bridgehead atoms. The van der Waals surface area contributed by atoms with E-state index in [4.69, 9.17) is 0 Å².